The first-order valence-corrected chi connectivity index (χ1v) is 11.2. The molecule has 0 aliphatic heterocycles. The van der Waals surface area contributed by atoms with Gasteiger partial charge in [0.05, 0.1) is 10.6 Å². The highest BCUT2D eigenvalue weighted by atomic mass is 35.5. The van der Waals surface area contributed by atoms with Gasteiger partial charge in [-0.1, -0.05) is 23.7 Å². The Balaban J connectivity index is 1.38. The molecule has 6 nitrogen and oxygen atoms in total. The number of sulfone groups is 1. The number of para-hydroxylation sites is 2. The molecule has 3 aromatic carbocycles. The molecule has 0 spiro atoms. The van der Waals surface area contributed by atoms with Crippen molar-refractivity contribution in [2.75, 3.05) is 11.1 Å². The third kappa shape index (κ3) is 4.53. The van der Waals surface area contributed by atoms with Gasteiger partial charge in [0.1, 0.15) is 5.52 Å². The Morgan fingerprint density at radius 3 is 2.37 bits per heavy atom. The lowest BCUT2D eigenvalue weighted by atomic mass is 10.2. The van der Waals surface area contributed by atoms with Crippen LogP contribution in [0.3, 0.4) is 0 Å². The summed E-state index contributed by atoms with van der Waals surface area (Å²) in [7, 11) is -3.56. The highest BCUT2D eigenvalue weighted by Gasteiger charge is 2.16. The van der Waals surface area contributed by atoms with Crippen molar-refractivity contribution >= 4 is 44.1 Å². The average molecular weight is 441 g/mol. The Kier molecular flexibility index (Phi) is 5.57. The lowest BCUT2D eigenvalue weighted by Crippen LogP contribution is -2.17. The van der Waals surface area contributed by atoms with E-state index in [0.717, 1.165) is 11.1 Å². The van der Waals surface area contributed by atoms with Gasteiger partial charge in [-0.2, -0.15) is 0 Å². The van der Waals surface area contributed by atoms with Crippen molar-refractivity contribution in [2.45, 2.75) is 11.3 Å². The van der Waals surface area contributed by atoms with Crippen LogP contribution in [0, 0.1) is 0 Å². The van der Waals surface area contributed by atoms with E-state index < -0.39 is 9.84 Å². The largest absolute Gasteiger partial charge is 0.436 e. The number of rotatable bonds is 6. The van der Waals surface area contributed by atoms with Crippen LogP contribution < -0.4 is 5.32 Å². The lowest BCUT2D eigenvalue weighted by Gasteiger charge is -2.07. The van der Waals surface area contributed by atoms with E-state index in [0.29, 0.717) is 22.2 Å². The minimum absolute atomic E-state index is 0.141. The first-order chi connectivity index (χ1) is 14.4. The Morgan fingerprint density at radius 2 is 1.67 bits per heavy atom. The van der Waals surface area contributed by atoms with E-state index in [4.69, 9.17) is 16.0 Å². The molecule has 1 amide bonds. The summed E-state index contributed by atoms with van der Waals surface area (Å²) in [5.41, 5.74) is 2.80. The second-order valence-corrected chi connectivity index (χ2v) is 9.18. The fourth-order valence-corrected chi connectivity index (χ4v) is 4.27. The molecular weight excluding hydrogens is 424 g/mol. The standard InChI is InChI=1S/C22H17ClN2O4S/c23-16-7-11-18(12-8-16)30(27,28)14-13-21(26)24-17-9-5-15(6-10-17)22-25-19-3-1-2-4-20(19)29-22/h1-12H,13-14H2,(H,24,26). The second kappa shape index (κ2) is 8.30. The summed E-state index contributed by atoms with van der Waals surface area (Å²) < 4.78 is 30.4. The molecule has 4 rings (SSSR count). The van der Waals surface area contributed by atoms with Gasteiger partial charge in [0.2, 0.25) is 11.8 Å². The Morgan fingerprint density at radius 1 is 0.967 bits per heavy atom. The van der Waals surface area contributed by atoms with Crippen LogP contribution in [0.2, 0.25) is 5.02 Å². The zero-order valence-electron chi connectivity index (χ0n) is 15.7. The van der Waals surface area contributed by atoms with Crippen LogP contribution in [0.1, 0.15) is 6.42 Å². The van der Waals surface area contributed by atoms with Crippen LogP contribution in [-0.2, 0) is 14.6 Å². The number of amides is 1. The highest BCUT2D eigenvalue weighted by molar-refractivity contribution is 7.91. The molecule has 0 aliphatic rings. The molecule has 0 radical (unpaired) electrons. The van der Waals surface area contributed by atoms with E-state index in [9.17, 15) is 13.2 Å². The molecule has 0 aliphatic carbocycles. The maximum Gasteiger partial charge on any atom is 0.227 e. The number of hydrogen-bond donors (Lipinski definition) is 1. The van der Waals surface area contributed by atoms with E-state index >= 15 is 0 Å². The summed E-state index contributed by atoms with van der Waals surface area (Å²) >= 11 is 5.78. The quantitative estimate of drug-likeness (QED) is 0.458. The van der Waals surface area contributed by atoms with Crippen LogP contribution >= 0.6 is 11.6 Å². The third-order valence-corrected chi connectivity index (χ3v) is 6.46. The number of anilines is 1. The number of carbonyl (C=O) groups excluding carboxylic acids is 1. The monoisotopic (exact) mass is 440 g/mol. The molecule has 0 saturated heterocycles. The van der Waals surface area contributed by atoms with E-state index in [1.54, 1.807) is 24.3 Å². The van der Waals surface area contributed by atoms with E-state index in [1.807, 2.05) is 24.3 Å². The van der Waals surface area contributed by atoms with Crippen LogP contribution in [0.4, 0.5) is 5.69 Å². The second-order valence-electron chi connectivity index (χ2n) is 6.64. The summed E-state index contributed by atoms with van der Waals surface area (Å²) in [6, 6.07) is 20.4. The van der Waals surface area contributed by atoms with Gasteiger partial charge >= 0.3 is 0 Å². The maximum atomic E-state index is 12.3. The predicted molar refractivity (Wildman–Crippen MR) is 116 cm³/mol. The fraction of sp³-hybridized carbons (Fsp3) is 0.0909. The first kappa shape index (κ1) is 20.1. The van der Waals surface area contributed by atoms with E-state index in [2.05, 4.69) is 10.3 Å². The van der Waals surface area contributed by atoms with Gasteiger partial charge in [0.15, 0.2) is 15.4 Å². The van der Waals surface area contributed by atoms with E-state index in [1.165, 1.54) is 24.3 Å². The zero-order valence-corrected chi connectivity index (χ0v) is 17.3. The number of halogens is 1. The van der Waals surface area contributed by atoms with Gasteiger partial charge in [-0.3, -0.25) is 4.79 Å². The van der Waals surface area contributed by atoms with Crippen molar-refractivity contribution in [3.05, 3.63) is 77.8 Å². The summed E-state index contributed by atoms with van der Waals surface area (Å²) in [4.78, 5) is 16.8. The highest BCUT2D eigenvalue weighted by Crippen LogP contribution is 2.25. The summed E-state index contributed by atoms with van der Waals surface area (Å²) in [5, 5.41) is 3.16. The molecule has 8 heteroatoms. The van der Waals surface area contributed by atoms with Crippen molar-refractivity contribution in [3.63, 3.8) is 0 Å². The maximum absolute atomic E-state index is 12.3. The molecular formula is C22H17ClN2O4S. The first-order valence-electron chi connectivity index (χ1n) is 9.15. The number of carbonyl (C=O) groups is 1. The molecule has 4 aromatic rings. The molecule has 1 heterocycles. The van der Waals surface area contributed by atoms with Crippen molar-refractivity contribution in [3.8, 4) is 11.5 Å². The van der Waals surface area contributed by atoms with Crippen LogP contribution in [0.5, 0.6) is 0 Å². The number of nitrogens with zero attached hydrogens (tertiary/aromatic N) is 1. The van der Waals surface area contributed by atoms with Gasteiger partial charge in [-0.25, -0.2) is 13.4 Å². The molecule has 30 heavy (non-hydrogen) atoms. The minimum atomic E-state index is -3.56. The van der Waals surface area contributed by atoms with Gasteiger partial charge < -0.3 is 9.73 Å². The van der Waals surface area contributed by atoms with Crippen LogP contribution in [0.25, 0.3) is 22.6 Å². The Labute approximate surface area is 178 Å². The topological polar surface area (TPSA) is 89.3 Å². The molecule has 0 unspecified atom stereocenters. The zero-order chi connectivity index (χ0) is 21.1. The molecule has 152 valence electrons. The number of aromatic nitrogens is 1. The smallest absolute Gasteiger partial charge is 0.227 e. The minimum Gasteiger partial charge on any atom is -0.436 e. The number of nitrogens with one attached hydrogen (secondary N) is 1. The number of fused-ring (bicyclic) bond motifs is 1. The van der Waals surface area contributed by atoms with Gasteiger partial charge in [0, 0.05) is 22.7 Å². The molecule has 0 fully saturated rings. The van der Waals surface area contributed by atoms with Crippen molar-refractivity contribution in [1.29, 1.82) is 0 Å². The number of oxazole rings is 1. The fourth-order valence-electron chi connectivity index (χ4n) is 2.90. The number of benzene rings is 3. The molecule has 0 bridgehead atoms. The molecule has 1 N–H and O–H groups in total. The Hall–Kier alpha value is -3.16. The Bertz CT molecular complexity index is 1260. The van der Waals surface area contributed by atoms with Gasteiger partial charge in [-0.05, 0) is 60.7 Å². The summed E-state index contributed by atoms with van der Waals surface area (Å²) in [6.07, 6.45) is -0.155. The normalized spacial score (nSPS) is 11.5. The van der Waals surface area contributed by atoms with Gasteiger partial charge in [-0.15, -0.1) is 0 Å². The van der Waals surface area contributed by atoms with E-state index in [-0.39, 0.29) is 23.0 Å². The van der Waals surface area contributed by atoms with Crippen LogP contribution in [-0.4, -0.2) is 25.1 Å². The SMILES string of the molecule is O=C(CCS(=O)(=O)c1ccc(Cl)cc1)Nc1ccc(-c2nc3ccccc3o2)cc1. The van der Waals surface area contributed by atoms with Crippen molar-refractivity contribution in [1.82, 2.24) is 4.98 Å². The third-order valence-electron chi connectivity index (χ3n) is 4.48. The summed E-state index contributed by atoms with van der Waals surface area (Å²) in [6.45, 7) is 0. The van der Waals surface area contributed by atoms with Crippen molar-refractivity contribution < 1.29 is 17.6 Å². The summed E-state index contributed by atoms with van der Waals surface area (Å²) in [5.74, 6) is -0.188. The molecule has 0 atom stereocenters. The van der Waals surface area contributed by atoms with Crippen molar-refractivity contribution in [2.24, 2.45) is 0 Å². The van der Waals surface area contributed by atoms with Gasteiger partial charge in [0.25, 0.3) is 0 Å². The molecule has 1 aromatic heterocycles. The lowest BCUT2D eigenvalue weighted by molar-refractivity contribution is -0.115. The number of hydrogen-bond acceptors (Lipinski definition) is 5. The van der Waals surface area contributed by atoms with Crippen LogP contribution in [0.15, 0.2) is 82.1 Å². The average Bonchev–Trinajstić information content (AvgIpc) is 3.17. The molecule has 0 saturated carbocycles. The predicted octanol–water partition coefficient (Wildman–Crippen LogP) is 4.95.